The molecule has 0 saturated heterocycles. The third-order valence-corrected chi connectivity index (χ3v) is 6.11. The number of benzene rings is 2. The molecular weight excluding hydrogens is 367 g/mol. The molecule has 0 heterocycles. The molecule has 0 fully saturated rings. The van der Waals surface area contributed by atoms with E-state index in [2.05, 4.69) is 4.72 Å². The first-order chi connectivity index (χ1) is 11.6. The van der Waals surface area contributed by atoms with Crippen LogP contribution < -0.4 is 9.03 Å². The highest BCUT2D eigenvalue weighted by Gasteiger charge is 2.19. The van der Waals surface area contributed by atoms with Crippen LogP contribution in [0.15, 0.2) is 53.4 Å². The second-order valence-electron chi connectivity index (χ2n) is 5.53. The van der Waals surface area contributed by atoms with Crippen LogP contribution in [0.3, 0.4) is 0 Å². The van der Waals surface area contributed by atoms with Gasteiger partial charge in [0, 0.05) is 13.1 Å². The van der Waals surface area contributed by atoms with E-state index >= 15 is 0 Å². The van der Waals surface area contributed by atoms with Crippen LogP contribution in [-0.4, -0.2) is 36.2 Å². The van der Waals surface area contributed by atoms with Gasteiger partial charge in [0.1, 0.15) is 5.82 Å². The van der Waals surface area contributed by atoms with Crippen LogP contribution in [0.1, 0.15) is 5.56 Å². The van der Waals surface area contributed by atoms with E-state index in [1.807, 2.05) is 6.92 Å². The second-order valence-corrected chi connectivity index (χ2v) is 9.20. The lowest BCUT2D eigenvalue weighted by atomic mass is 10.2. The van der Waals surface area contributed by atoms with E-state index in [9.17, 15) is 21.2 Å². The van der Waals surface area contributed by atoms with Crippen LogP contribution >= 0.6 is 0 Å². The third kappa shape index (κ3) is 5.25. The predicted octanol–water partition coefficient (Wildman–Crippen LogP) is 1.88. The molecule has 0 amide bonds. The molecule has 2 aromatic carbocycles. The molecule has 0 bridgehead atoms. The first-order valence-electron chi connectivity index (χ1n) is 7.39. The average Bonchev–Trinajstić information content (AvgIpc) is 2.50. The lowest BCUT2D eigenvalue weighted by Crippen LogP contribution is -2.38. The van der Waals surface area contributed by atoms with Crippen LogP contribution in [0.2, 0.25) is 0 Å². The maximum atomic E-state index is 13.3. The molecule has 0 saturated carbocycles. The van der Waals surface area contributed by atoms with Gasteiger partial charge in [-0.15, -0.1) is 0 Å². The van der Waals surface area contributed by atoms with Gasteiger partial charge in [0.25, 0.3) is 0 Å². The highest BCUT2D eigenvalue weighted by molar-refractivity contribution is 7.92. The molecule has 2 aromatic rings. The zero-order chi connectivity index (χ0) is 18.7. The van der Waals surface area contributed by atoms with Gasteiger partial charge in [-0.2, -0.15) is 0 Å². The van der Waals surface area contributed by atoms with Gasteiger partial charge < -0.3 is 0 Å². The molecule has 2 rings (SSSR count). The van der Waals surface area contributed by atoms with Gasteiger partial charge in [-0.1, -0.05) is 23.8 Å². The molecular formula is C16H19FN2O4S2. The molecule has 0 spiro atoms. The lowest BCUT2D eigenvalue weighted by Gasteiger charge is -2.22. The van der Waals surface area contributed by atoms with Gasteiger partial charge in [-0.25, -0.2) is 25.9 Å². The van der Waals surface area contributed by atoms with E-state index in [1.165, 1.54) is 30.3 Å². The van der Waals surface area contributed by atoms with Gasteiger partial charge >= 0.3 is 0 Å². The van der Waals surface area contributed by atoms with Crippen LogP contribution in [0, 0.1) is 12.7 Å². The van der Waals surface area contributed by atoms with E-state index < -0.39 is 25.9 Å². The molecule has 9 heteroatoms. The number of sulfonamides is 2. The molecule has 136 valence electrons. The number of halogens is 1. The summed E-state index contributed by atoms with van der Waals surface area (Å²) in [6.07, 6.45) is 0.979. The summed E-state index contributed by atoms with van der Waals surface area (Å²) in [5.74, 6) is -0.577. The largest absolute Gasteiger partial charge is 0.269 e. The maximum Gasteiger partial charge on any atom is 0.240 e. The Bertz CT molecular complexity index is 942. The minimum absolute atomic E-state index is 0.0924. The van der Waals surface area contributed by atoms with Gasteiger partial charge in [-0.3, -0.25) is 4.31 Å². The summed E-state index contributed by atoms with van der Waals surface area (Å²) in [4.78, 5) is 0.0924. The Morgan fingerprint density at radius 3 is 2.24 bits per heavy atom. The van der Waals surface area contributed by atoms with E-state index in [0.717, 1.165) is 22.2 Å². The summed E-state index contributed by atoms with van der Waals surface area (Å²) in [6, 6.07) is 11.4. The first-order valence-corrected chi connectivity index (χ1v) is 10.7. The Kier molecular flexibility index (Phi) is 5.81. The zero-order valence-corrected chi connectivity index (χ0v) is 15.4. The smallest absolute Gasteiger partial charge is 0.240 e. The molecule has 6 nitrogen and oxygen atoms in total. The van der Waals surface area contributed by atoms with E-state index in [-0.39, 0.29) is 23.7 Å². The van der Waals surface area contributed by atoms with Crippen molar-refractivity contribution in [1.82, 2.24) is 4.72 Å². The Morgan fingerprint density at radius 2 is 1.68 bits per heavy atom. The summed E-state index contributed by atoms with van der Waals surface area (Å²) < 4.78 is 65.0. The van der Waals surface area contributed by atoms with Crippen LogP contribution in [0.4, 0.5) is 10.1 Å². The zero-order valence-electron chi connectivity index (χ0n) is 13.8. The number of hydrogen-bond donors (Lipinski definition) is 1. The predicted molar refractivity (Wildman–Crippen MR) is 95.0 cm³/mol. The lowest BCUT2D eigenvalue weighted by molar-refractivity contribution is 0.578. The van der Waals surface area contributed by atoms with E-state index in [1.54, 1.807) is 12.1 Å². The fourth-order valence-corrected chi connectivity index (χ4v) is 4.14. The van der Waals surface area contributed by atoms with Crippen molar-refractivity contribution in [2.45, 2.75) is 11.8 Å². The van der Waals surface area contributed by atoms with Crippen molar-refractivity contribution in [1.29, 1.82) is 0 Å². The molecule has 0 radical (unpaired) electrons. The van der Waals surface area contributed by atoms with Gasteiger partial charge in [-0.05, 0) is 37.3 Å². The molecule has 1 N–H and O–H groups in total. The molecule has 0 aliphatic carbocycles. The molecule has 0 aromatic heterocycles. The van der Waals surface area contributed by atoms with Gasteiger partial charge in [0.05, 0.1) is 16.8 Å². The topological polar surface area (TPSA) is 83.6 Å². The molecule has 25 heavy (non-hydrogen) atoms. The van der Waals surface area contributed by atoms with Crippen molar-refractivity contribution in [3.8, 4) is 0 Å². The number of hydrogen-bond acceptors (Lipinski definition) is 4. The number of aryl methyl sites for hydroxylation is 1. The minimum atomic E-state index is -3.75. The van der Waals surface area contributed by atoms with E-state index in [4.69, 9.17) is 0 Å². The quantitative estimate of drug-likeness (QED) is 0.788. The van der Waals surface area contributed by atoms with Crippen molar-refractivity contribution in [2.75, 3.05) is 23.7 Å². The molecule has 0 unspecified atom stereocenters. The Labute approximate surface area is 147 Å². The number of nitrogens with one attached hydrogen (secondary N) is 1. The minimum Gasteiger partial charge on any atom is -0.269 e. The highest BCUT2D eigenvalue weighted by Crippen LogP contribution is 2.18. The Morgan fingerprint density at radius 1 is 1.04 bits per heavy atom. The second kappa shape index (κ2) is 7.51. The van der Waals surface area contributed by atoms with Crippen molar-refractivity contribution in [3.05, 3.63) is 59.9 Å². The monoisotopic (exact) mass is 386 g/mol. The van der Waals surface area contributed by atoms with Gasteiger partial charge in [0.15, 0.2) is 0 Å². The standard InChI is InChI=1S/C16H19FN2O4S2/c1-13-6-8-16(9-7-13)25(22,23)18-10-11-19(24(2,20)21)15-5-3-4-14(17)12-15/h3-9,12,18H,10-11H2,1-2H3. The van der Waals surface area contributed by atoms with Crippen LogP contribution in [0.25, 0.3) is 0 Å². The van der Waals surface area contributed by atoms with Crippen LogP contribution in [-0.2, 0) is 20.0 Å². The normalized spacial score (nSPS) is 12.1. The Hall–Kier alpha value is -1.97. The number of nitrogens with zero attached hydrogens (tertiary/aromatic N) is 1. The fraction of sp³-hybridized carbons (Fsp3) is 0.250. The van der Waals surface area contributed by atoms with Gasteiger partial charge in [0.2, 0.25) is 20.0 Å². The van der Waals surface area contributed by atoms with Crippen molar-refractivity contribution in [3.63, 3.8) is 0 Å². The number of anilines is 1. The van der Waals surface area contributed by atoms with Crippen molar-refractivity contribution < 1.29 is 21.2 Å². The summed E-state index contributed by atoms with van der Waals surface area (Å²) >= 11 is 0. The molecule has 0 aliphatic heterocycles. The average molecular weight is 386 g/mol. The molecule has 0 aliphatic rings. The third-order valence-electron chi connectivity index (χ3n) is 3.43. The summed E-state index contributed by atoms with van der Waals surface area (Å²) in [7, 11) is -7.44. The summed E-state index contributed by atoms with van der Waals surface area (Å²) in [5, 5.41) is 0. The summed E-state index contributed by atoms with van der Waals surface area (Å²) in [5.41, 5.74) is 1.06. The van der Waals surface area contributed by atoms with E-state index in [0.29, 0.717) is 0 Å². The highest BCUT2D eigenvalue weighted by atomic mass is 32.2. The first kappa shape index (κ1) is 19.4. The van der Waals surface area contributed by atoms with Crippen molar-refractivity contribution >= 4 is 25.7 Å². The van der Waals surface area contributed by atoms with Crippen molar-refractivity contribution in [2.24, 2.45) is 0 Å². The SMILES string of the molecule is Cc1ccc(S(=O)(=O)NCCN(c2cccc(F)c2)S(C)(=O)=O)cc1. The maximum absolute atomic E-state index is 13.3. The fourth-order valence-electron chi connectivity index (χ4n) is 2.20. The summed E-state index contributed by atoms with van der Waals surface area (Å²) in [6.45, 7) is 1.53. The number of rotatable bonds is 7. The molecule has 0 atom stereocenters. The van der Waals surface area contributed by atoms with Crippen LogP contribution in [0.5, 0.6) is 0 Å². The Balaban J connectivity index is 2.12.